The Morgan fingerprint density at radius 1 is 1.06 bits per heavy atom. The second-order valence-electron chi connectivity index (χ2n) is 7.71. The highest BCUT2D eigenvalue weighted by Crippen LogP contribution is 2.27. The number of hydrogen-bond acceptors (Lipinski definition) is 6. The lowest BCUT2D eigenvalue weighted by Crippen LogP contribution is -2.30. The number of nitrogens with zero attached hydrogens (tertiary/aromatic N) is 6. The summed E-state index contributed by atoms with van der Waals surface area (Å²) in [6.45, 7) is 0.418. The van der Waals surface area contributed by atoms with Crippen LogP contribution in [0.25, 0.3) is 22.3 Å². The van der Waals surface area contributed by atoms with Crippen LogP contribution in [0.5, 0.6) is 0 Å². The van der Waals surface area contributed by atoms with Crippen molar-refractivity contribution in [2.45, 2.75) is 38.8 Å². The Balaban J connectivity index is 1.39. The first-order valence-electron chi connectivity index (χ1n) is 10.4. The van der Waals surface area contributed by atoms with Gasteiger partial charge >= 0.3 is 0 Å². The van der Waals surface area contributed by atoms with E-state index in [1.807, 2.05) is 4.57 Å². The standard InChI is InChI=1S/C22H20FN7O2/c23-17-10-9-14(12-16(17)21-27-26-19-8-2-1-5-11-29(19)21)24-20(31)13-30-22(32)15-6-3-4-7-18(15)25-28-30/h3-4,6-7,9-10,12H,1-2,5,8,11,13H2,(H,24,31). The molecule has 0 saturated carbocycles. The molecule has 2 aromatic carbocycles. The molecule has 0 fully saturated rings. The highest BCUT2D eigenvalue weighted by atomic mass is 19.1. The van der Waals surface area contributed by atoms with Crippen LogP contribution in [-0.2, 0) is 24.3 Å². The molecule has 32 heavy (non-hydrogen) atoms. The minimum absolute atomic E-state index is 0.270. The third kappa shape index (κ3) is 3.75. The lowest BCUT2D eigenvalue weighted by Gasteiger charge is -2.11. The average Bonchev–Trinajstić information content (AvgIpc) is 3.04. The molecule has 4 aromatic rings. The van der Waals surface area contributed by atoms with Gasteiger partial charge in [-0.25, -0.2) is 9.07 Å². The van der Waals surface area contributed by atoms with Gasteiger partial charge in [-0.3, -0.25) is 9.59 Å². The van der Waals surface area contributed by atoms with Crippen LogP contribution < -0.4 is 10.9 Å². The van der Waals surface area contributed by atoms with Gasteiger partial charge in [0.2, 0.25) is 5.91 Å². The van der Waals surface area contributed by atoms with Gasteiger partial charge in [-0.2, -0.15) is 0 Å². The monoisotopic (exact) mass is 433 g/mol. The molecule has 0 saturated heterocycles. The summed E-state index contributed by atoms with van der Waals surface area (Å²) in [6.07, 6.45) is 3.93. The van der Waals surface area contributed by atoms with Gasteiger partial charge in [0.05, 0.1) is 10.9 Å². The van der Waals surface area contributed by atoms with Gasteiger partial charge in [-0.05, 0) is 43.2 Å². The number of fused-ring (bicyclic) bond motifs is 2. The zero-order valence-electron chi connectivity index (χ0n) is 17.2. The van der Waals surface area contributed by atoms with Crippen LogP contribution in [0.1, 0.15) is 25.1 Å². The third-order valence-electron chi connectivity index (χ3n) is 5.52. The lowest BCUT2D eigenvalue weighted by atomic mass is 10.1. The molecule has 2 aromatic heterocycles. The molecule has 0 bridgehead atoms. The van der Waals surface area contributed by atoms with Crippen molar-refractivity contribution in [2.24, 2.45) is 0 Å². The fourth-order valence-corrected chi connectivity index (χ4v) is 3.92. The van der Waals surface area contributed by atoms with Gasteiger partial charge in [-0.1, -0.05) is 23.8 Å². The molecule has 5 rings (SSSR count). The smallest absolute Gasteiger partial charge is 0.278 e. The number of nitrogens with one attached hydrogen (secondary N) is 1. The summed E-state index contributed by atoms with van der Waals surface area (Å²) in [4.78, 5) is 25.1. The van der Waals surface area contributed by atoms with Crippen LogP contribution in [0, 0.1) is 5.82 Å². The van der Waals surface area contributed by atoms with Crippen LogP contribution in [0.2, 0.25) is 0 Å². The minimum Gasteiger partial charge on any atom is -0.324 e. The number of halogens is 1. The number of amides is 1. The predicted octanol–water partition coefficient (Wildman–Crippen LogP) is 2.55. The van der Waals surface area contributed by atoms with Crippen molar-refractivity contribution in [1.29, 1.82) is 0 Å². The van der Waals surface area contributed by atoms with E-state index in [1.54, 1.807) is 24.3 Å². The summed E-state index contributed by atoms with van der Waals surface area (Å²) in [5, 5.41) is 19.3. The summed E-state index contributed by atoms with van der Waals surface area (Å²) < 4.78 is 17.6. The van der Waals surface area contributed by atoms with E-state index in [1.165, 1.54) is 18.2 Å². The molecule has 0 radical (unpaired) electrons. The minimum atomic E-state index is -0.477. The third-order valence-corrected chi connectivity index (χ3v) is 5.52. The van der Waals surface area contributed by atoms with Gasteiger partial charge in [0, 0.05) is 18.7 Å². The first-order chi connectivity index (χ1) is 15.6. The summed E-state index contributed by atoms with van der Waals surface area (Å²) in [5.74, 6) is 0.376. The lowest BCUT2D eigenvalue weighted by molar-refractivity contribution is -0.117. The summed E-state index contributed by atoms with van der Waals surface area (Å²) in [6, 6.07) is 11.1. The molecule has 1 aliphatic rings. The van der Waals surface area contributed by atoms with Crippen molar-refractivity contribution in [3.63, 3.8) is 0 Å². The van der Waals surface area contributed by atoms with Crippen LogP contribution in [0.4, 0.5) is 10.1 Å². The molecular formula is C22H20FN7O2. The van der Waals surface area contributed by atoms with Gasteiger partial charge in [0.25, 0.3) is 5.56 Å². The summed E-state index contributed by atoms with van der Waals surface area (Å²) in [7, 11) is 0. The highest BCUT2D eigenvalue weighted by Gasteiger charge is 2.19. The molecule has 10 heteroatoms. The number of aromatic nitrogens is 6. The molecular weight excluding hydrogens is 413 g/mol. The maximum Gasteiger partial charge on any atom is 0.278 e. The van der Waals surface area contributed by atoms with Crippen LogP contribution >= 0.6 is 0 Å². The number of rotatable bonds is 4. The first-order valence-corrected chi connectivity index (χ1v) is 10.4. The topological polar surface area (TPSA) is 108 Å². The molecule has 1 aliphatic heterocycles. The Labute approximate surface area is 181 Å². The average molecular weight is 433 g/mol. The van der Waals surface area contributed by atoms with E-state index in [4.69, 9.17) is 0 Å². The Kier molecular flexibility index (Phi) is 5.18. The van der Waals surface area contributed by atoms with E-state index in [-0.39, 0.29) is 12.1 Å². The van der Waals surface area contributed by atoms with E-state index >= 15 is 0 Å². The SMILES string of the molecule is O=C(Cn1nnc2ccccc2c1=O)Nc1ccc(F)c(-c2nnc3n2CCCCC3)c1. The zero-order valence-corrected chi connectivity index (χ0v) is 17.2. The van der Waals surface area contributed by atoms with Gasteiger partial charge in [0.1, 0.15) is 23.7 Å². The fourth-order valence-electron chi connectivity index (χ4n) is 3.92. The Hall–Kier alpha value is -3.95. The molecule has 9 nitrogen and oxygen atoms in total. The Bertz CT molecular complexity index is 1380. The van der Waals surface area contributed by atoms with Crippen molar-refractivity contribution < 1.29 is 9.18 Å². The van der Waals surface area contributed by atoms with E-state index in [9.17, 15) is 14.0 Å². The zero-order chi connectivity index (χ0) is 22.1. The number of benzene rings is 2. The molecule has 1 amide bonds. The van der Waals surface area contributed by atoms with Crippen LogP contribution in [0.15, 0.2) is 47.3 Å². The maximum atomic E-state index is 14.6. The Morgan fingerprint density at radius 3 is 2.84 bits per heavy atom. The molecule has 0 spiro atoms. The van der Waals surface area contributed by atoms with Crippen molar-refractivity contribution in [3.05, 3.63) is 64.5 Å². The highest BCUT2D eigenvalue weighted by molar-refractivity contribution is 5.91. The predicted molar refractivity (Wildman–Crippen MR) is 115 cm³/mol. The van der Waals surface area contributed by atoms with E-state index in [0.717, 1.165) is 42.7 Å². The van der Waals surface area contributed by atoms with Gasteiger partial charge in [0.15, 0.2) is 5.82 Å². The Morgan fingerprint density at radius 2 is 1.94 bits per heavy atom. The number of anilines is 1. The first kappa shape index (κ1) is 20.0. The summed E-state index contributed by atoms with van der Waals surface area (Å²) in [5.41, 5.74) is 0.715. The second kappa shape index (κ2) is 8.29. The molecule has 162 valence electrons. The van der Waals surface area contributed by atoms with E-state index < -0.39 is 17.3 Å². The molecule has 0 aliphatic carbocycles. The summed E-state index contributed by atoms with van der Waals surface area (Å²) >= 11 is 0. The number of carbonyl (C=O) groups is 1. The fraction of sp³-hybridized carbons (Fsp3) is 0.273. The maximum absolute atomic E-state index is 14.6. The number of carbonyl (C=O) groups excluding carboxylic acids is 1. The molecule has 1 N–H and O–H groups in total. The number of aryl methyl sites for hydroxylation is 1. The van der Waals surface area contributed by atoms with E-state index in [2.05, 4.69) is 25.8 Å². The van der Waals surface area contributed by atoms with Crippen LogP contribution in [0.3, 0.4) is 0 Å². The normalized spacial score (nSPS) is 13.5. The molecule has 3 heterocycles. The second-order valence-corrected chi connectivity index (χ2v) is 7.71. The quantitative estimate of drug-likeness (QED) is 0.530. The largest absolute Gasteiger partial charge is 0.324 e. The van der Waals surface area contributed by atoms with Gasteiger partial charge < -0.3 is 9.88 Å². The molecule has 0 unspecified atom stereocenters. The van der Waals surface area contributed by atoms with Crippen molar-refractivity contribution >= 4 is 22.5 Å². The van der Waals surface area contributed by atoms with E-state index in [0.29, 0.717) is 22.4 Å². The number of hydrogen-bond donors (Lipinski definition) is 1. The van der Waals surface area contributed by atoms with Gasteiger partial charge in [-0.15, -0.1) is 15.3 Å². The van der Waals surface area contributed by atoms with Crippen LogP contribution in [-0.4, -0.2) is 35.7 Å². The van der Waals surface area contributed by atoms with Crippen molar-refractivity contribution in [2.75, 3.05) is 5.32 Å². The van der Waals surface area contributed by atoms with Crippen molar-refractivity contribution in [3.8, 4) is 11.4 Å². The van der Waals surface area contributed by atoms with Crippen molar-refractivity contribution in [1.82, 2.24) is 29.8 Å². The molecule has 0 atom stereocenters.